The first kappa shape index (κ1) is 21.1. The Morgan fingerprint density at radius 3 is 2.43 bits per heavy atom. The molecule has 0 N–H and O–H groups in total. The third-order valence-corrected chi connectivity index (χ3v) is 5.12. The molecule has 0 spiro atoms. The number of nitro benzene ring substituents is 1. The zero-order valence-electron chi connectivity index (χ0n) is 17.0. The summed E-state index contributed by atoms with van der Waals surface area (Å²) >= 11 is 0. The molecule has 0 saturated carbocycles. The van der Waals surface area contributed by atoms with Crippen LogP contribution in [0.2, 0.25) is 0 Å². The van der Waals surface area contributed by atoms with E-state index in [1.807, 2.05) is 12.1 Å². The number of nitrogens with zero attached hydrogens (tertiary/aromatic N) is 2. The van der Waals surface area contributed by atoms with Crippen molar-refractivity contribution in [2.24, 2.45) is 0 Å². The highest BCUT2D eigenvalue weighted by Crippen LogP contribution is 2.33. The molecule has 158 valence electrons. The Kier molecular flexibility index (Phi) is 6.20. The molecule has 9 heteroatoms. The van der Waals surface area contributed by atoms with Crippen molar-refractivity contribution < 1.29 is 28.7 Å². The van der Waals surface area contributed by atoms with Gasteiger partial charge in [0, 0.05) is 24.7 Å². The van der Waals surface area contributed by atoms with Crippen molar-refractivity contribution in [1.82, 2.24) is 4.90 Å². The van der Waals surface area contributed by atoms with Gasteiger partial charge in [-0.25, -0.2) is 4.79 Å². The molecule has 1 aliphatic heterocycles. The Morgan fingerprint density at radius 1 is 1.13 bits per heavy atom. The predicted octanol–water partition coefficient (Wildman–Crippen LogP) is 2.66. The molecule has 1 heterocycles. The summed E-state index contributed by atoms with van der Waals surface area (Å²) < 4.78 is 15.8. The fourth-order valence-corrected chi connectivity index (χ4v) is 3.43. The second kappa shape index (κ2) is 8.81. The summed E-state index contributed by atoms with van der Waals surface area (Å²) in [5.74, 6) is 0.107. The topological polar surface area (TPSA) is 108 Å². The van der Waals surface area contributed by atoms with Crippen LogP contribution in [0.5, 0.6) is 11.5 Å². The van der Waals surface area contributed by atoms with Gasteiger partial charge in [-0.1, -0.05) is 6.07 Å². The molecule has 0 saturated heterocycles. The Labute approximate surface area is 173 Å². The van der Waals surface area contributed by atoms with Crippen LogP contribution in [0.15, 0.2) is 30.3 Å². The van der Waals surface area contributed by atoms with E-state index in [1.54, 1.807) is 19.1 Å². The summed E-state index contributed by atoms with van der Waals surface area (Å²) in [5.41, 5.74) is 2.10. The molecule has 0 radical (unpaired) electrons. The monoisotopic (exact) mass is 414 g/mol. The Balaban J connectivity index is 1.66. The molecule has 9 nitrogen and oxygen atoms in total. The van der Waals surface area contributed by atoms with Gasteiger partial charge in [-0.3, -0.25) is 14.9 Å². The molecular weight excluding hydrogens is 392 g/mol. The SMILES string of the molecule is COc1cc2c(cc1OC)CN(C(=O)COC(=O)c1cccc([N+](=O)[O-])c1C)CC2. The highest BCUT2D eigenvalue weighted by atomic mass is 16.6. The third-order valence-electron chi connectivity index (χ3n) is 5.12. The number of carbonyl (C=O) groups excluding carboxylic acids is 2. The largest absolute Gasteiger partial charge is 0.493 e. The normalized spacial score (nSPS) is 12.7. The molecule has 2 aromatic rings. The van der Waals surface area contributed by atoms with E-state index < -0.39 is 17.5 Å². The van der Waals surface area contributed by atoms with Crippen LogP contribution in [0, 0.1) is 17.0 Å². The van der Waals surface area contributed by atoms with E-state index in [4.69, 9.17) is 14.2 Å². The molecule has 0 atom stereocenters. The highest BCUT2D eigenvalue weighted by molar-refractivity contribution is 5.93. The first-order valence-corrected chi connectivity index (χ1v) is 9.28. The van der Waals surface area contributed by atoms with Gasteiger partial charge in [0.15, 0.2) is 18.1 Å². The summed E-state index contributed by atoms with van der Waals surface area (Å²) in [7, 11) is 3.12. The molecule has 0 unspecified atom stereocenters. The van der Waals surface area contributed by atoms with E-state index in [0.29, 0.717) is 31.0 Å². The number of fused-ring (bicyclic) bond motifs is 1. The van der Waals surface area contributed by atoms with Crippen LogP contribution in [0.25, 0.3) is 0 Å². The van der Waals surface area contributed by atoms with Gasteiger partial charge in [0.2, 0.25) is 0 Å². The van der Waals surface area contributed by atoms with E-state index in [0.717, 1.165) is 11.1 Å². The van der Waals surface area contributed by atoms with Crippen LogP contribution in [0.1, 0.15) is 27.0 Å². The van der Waals surface area contributed by atoms with Gasteiger partial charge in [0.25, 0.3) is 11.6 Å². The van der Waals surface area contributed by atoms with Gasteiger partial charge in [-0.15, -0.1) is 0 Å². The zero-order chi connectivity index (χ0) is 21.8. The maximum Gasteiger partial charge on any atom is 0.339 e. The summed E-state index contributed by atoms with van der Waals surface area (Å²) in [4.78, 5) is 37.0. The Hall–Kier alpha value is -3.62. The molecule has 30 heavy (non-hydrogen) atoms. The van der Waals surface area contributed by atoms with Crippen molar-refractivity contribution in [1.29, 1.82) is 0 Å². The lowest BCUT2D eigenvalue weighted by Gasteiger charge is -2.29. The van der Waals surface area contributed by atoms with Gasteiger partial charge in [0.05, 0.1) is 24.7 Å². The molecule has 0 aliphatic carbocycles. The molecule has 0 bridgehead atoms. The first-order chi connectivity index (χ1) is 14.3. The van der Waals surface area contributed by atoms with E-state index in [1.165, 1.54) is 25.1 Å². The maximum absolute atomic E-state index is 12.6. The summed E-state index contributed by atoms with van der Waals surface area (Å²) in [6.45, 7) is 1.87. The van der Waals surface area contributed by atoms with Gasteiger partial charge in [-0.05, 0) is 42.7 Å². The average Bonchev–Trinajstić information content (AvgIpc) is 2.75. The molecule has 0 aromatic heterocycles. The lowest BCUT2D eigenvalue weighted by atomic mass is 9.99. The lowest BCUT2D eigenvalue weighted by Crippen LogP contribution is -2.38. The highest BCUT2D eigenvalue weighted by Gasteiger charge is 2.25. The number of hydrogen-bond donors (Lipinski definition) is 0. The third kappa shape index (κ3) is 4.19. The minimum atomic E-state index is -0.770. The smallest absolute Gasteiger partial charge is 0.339 e. The lowest BCUT2D eigenvalue weighted by molar-refractivity contribution is -0.385. The number of hydrogen-bond acceptors (Lipinski definition) is 7. The number of carbonyl (C=O) groups is 2. The molecule has 0 fully saturated rings. The van der Waals surface area contributed by atoms with Gasteiger partial charge >= 0.3 is 5.97 Å². The van der Waals surface area contributed by atoms with Crippen molar-refractivity contribution in [2.45, 2.75) is 19.9 Å². The molecular formula is C21H22N2O7. The number of nitro groups is 1. The van der Waals surface area contributed by atoms with Crippen LogP contribution < -0.4 is 9.47 Å². The van der Waals surface area contributed by atoms with Crippen molar-refractivity contribution in [3.63, 3.8) is 0 Å². The van der Waals surface area contributed by atoms with E-state index in [-0.39, 0.29) is 22.7 Å². The number of benzene rings is 2. The summed E-state index contributed by atoms with van der Waals surface area (Å²) in [5, 5.41) is 11.0. The number of amides is 1. The number of rotatable bonds is 6. The van der Waals surface area contributed by atoms with Crippen molar-refractivity contribution in [3.8, 4) is 11.5 Å². The van der Waals surface area contributed by atoms with Crippen LogP contribution in [0.4, 0.5) is 5.69 Å². The minimum Gasteiger partial charge on any atom is -0.493 e. The fourth-order valence-electron chi connectivity index (χ4n) is 3.43. The second-order valence-electron chi connectivity index (χ2n) is 6.82. The van der Waals surface area contributed by atoms with Gasteiger partial charge < -0.3 is 19.1 Å². The maximum atomic E-state index is 12.6. The first-order valence-electron chi connectivity index (χ1n) is 9.28. The Bertz CT molecular complexity index is 1000. The van der Waals surface area contributed by atoms with E-state index in [2.05, 4.69) is 0 Å². The fraction of sp³-hybridized carbons (Fsp3) is 0.333. The zero-order valence-corrected chi connectivity index (χ0v) is 17.0. The number of esters is 1. The van der Waals surface area contributed by atoms with Crippen LogP contribution in [-0.4, -0.2) is 49.1 Å². The molecule has 1 aliphatic rings. The minimum absolute atomic E-state index is 0.0674. The van der Waals surface area contributed by atoms with Crippen LogP contribution >= 0.6 is 0 Å². The predicted molar refractivity (Wildman–Crippen MR) is 107 cm³/mol. The Morgan fingerprint density at radius 2 is 1.80 bits per heavy atom. The number of ether oxygens (including phenoxy) is 3. The van der Waals surface area contributed by atoms with Gasteiger partial charge in [-0.2, -0.15) is 0 Å². The summed E-state index contributed by atoms with van der Waals surface area (Å²) in [6.07, 6.45) is 0.638. The van der Waals surface area contributed by atoms with Crippen molar-refractivity contribution in [2.75, 3.05) is 27.4 Å². The summed E-state index contributed by atoms with van der Waals surface area (Å²) in [6, 6.07) is 7.90. The molecule has 3 rings (SSSR count). The quantitative estimate of drug-likeness (QED) is 0.406. The number of methoxy groups -OCH3 is 2. The average molecular weight is 414 g/mol. The van der Waals surface area contributed by atoms with Crippen LogP contribution in [-0.2, 0) is 22.5 Å². The molecule has 1 amide bonds. The van der Waals surface area contributed by atoms with Crippen molar-refractivity contribution >= 4 is 17.6 Å². The molecule has 2 aromatic carbocycles. The second-order valence-corrected chi connectivity index (χ2v) is 6.82. The van der Waals surface area contributed by atoms with E-state index in [9.17, 15) is 19.7 Å². The van der Waals surface area contributed by atoms with Crippen LogP contribution in [0.3, 0.4) is 0 Å². The standard InChI is InChI=1S/C21H22N2O7/c1-13-16(5-4-6-17(13)23(26)27)21(25)30-12-20(24)22-8-7-14-9-18(28-2)19(29-3)10-15(14)11-22/h4-6,9-10H,7-8,11-12H2,1-3H3. The van der Waals surface area contributed by atoms with Crippen molar-refractivity contribution in [3.05, 3.63) is 62.7 Å². The van der Waals surface area contributed by atoms with E-state index >= 15 is 0 Å². The van der Waals surface area contributed by atoms with Gasteiger partial charge in [0.1, 0.15) is 0 Å².